The molecular weight excluding hydrogens is 225 g/mol. The van der Waals surface area contributed by atoms with Crippen molar-refractivity contribution in [1.29, 1.82) is 0 Å². The molecule has 92 valence electrons. The van der Waals surface area contributed by atoms with Gasteiger partial charge in [-0.3, -0.25) is 4.79 Å². The Morgan fingerprint density at radius 2 is 2.35 bits per heavy atom. The summed E-state index contributed by atoms with van der Waals surface area (Å²) in [5.41, 5.74) is 0.854. The van der Waals surface area contributed by atoms with Crippen molar-refractivity contribution in [2.45, 2.75) is 12.5 Å². The highest BCUT2D eigenvalue weighted by Crippen LogP contribution is 2.30. The van der Waals surface area contributed by atoms with Crippen LogP contribution in [0.15, 0.2) is 18.2 Å². The van der Waals surface area contributed by atoms with E-state index >= 15 is 0 Å². The molecule has 1 saturated heterocycles. The molecule has 0 amide bonds. The lowest BCUT2D eigenvalue weighted by Crippen LogP contribution is -2.17. The Kier molecular flexibility index (Phi) is 3.28. The Labute approximate surface area is 98.4 Å². The van der Waals surface area contributed by atoms with E-state index in [1.54, 1.807) is 12.1 Å². The van der Waals surface area contributed by atoms with Gasteiger partial charge in [-0.05, 0) is 24.1 Å². The van der Waals surface area contributed by atoms with Gasteiger partial charge in [0.25, 0.3) is 0 Å². The van der Waals surface area contributed by atoms with E-state index in [1.807, 2.05) is 0 Å². The van der Waals surface area contributed by atoms with Crippen LogP contribution < -0.4 is 10.1 Å². The predicted octanol–water partition coefficient (Wildman–Crippen LogP) is 1.57. The third-order valence-corrected chi connectivity index (χ3v) is 3.06. The summed E-state index contributed by atoms with van der Waals surface area (Å²) in [6, 6.07) is 4.55. The quantitative estimate of drug-likeness (QED) is 0.840. The van der Waals surface area contributed by atoms with E-state index in [9.17, 15) is 9.18 Å². The van der Waals surface area contributed by atoms with Crippen LogP contribution in [0.25, 0.3) is 0 Å². The fourth-order valence-corrected chi connectivity index (χ4v) is 2.07. The molecule has 17 heavy (non-hydrogen) atoms. The SMILES string of the molecule is COc1cc(C2CC(C(=O)O)CN2)ccc1F. The number of ether oxygens (including phenoxy) is 1. The van der Waals surface area contributed by atoms with Gasteiger partial charge < -0.3 is 15.2 Å². The molecule has 1 heterocycles. The second-order valence-electron chi connectivity index (χ2n) is 4.13. The topological polar surface area (TPSA) is 58.6 Å². The highest BCUT2D eigenvalue weighted by molar-refractivity contribution is 5.70. The van der Waals surface area contributed by atoms with Crippen LogP contribution in [0, 0.1) is 11.7 Å². The molecule has 2 unspecified atom stereocenters. The zero-order chi connectivity index (χ0) is 12.4. The number of aliphatic carboxylic acids is 1. The smallest absolute Gasteiger partial charge is 0.307 e. The molecule has 0 spiro atoms. The summed E-state index contributed by atoms with van der Waals surface area (Å²) in [6.07, 6.45) is 0.518. The van der Waals surface area contributed by atoms with Crippen LogP contribution in [0.5, 0.6) is 5.75 Å². The van der Waals surface area contributed by atoms with Gasteiger partial charge in [-0.1, -0.05) is 6.07 Å². The monoisotopic (exact) mass is 239 g/mol. The van der Waals surface area contributed by atoms with E-state index in [0.717, 1.165) is 5.56 Å². The van der Waals surface area contributed by atoms with Crippen molar-refractivity contribution in [2.75, 3.05) is 13.7 Å². The normalized spacial score (nSPS) is 23.6. The standard InChI is InChI=1S/C12H14FNO3/c1-17-11-5-7(2-3-9(11)13)10-4-8(6-14-10)12(15)16/h2-3,5,8,10,14H,4,6H2,1H3,(H,15,16). The Morgan fingerprint density at radius 1 is 1.59 bits per heavy atom. The maximum absolute atomic E-state index is 13.2. The minimum Gasteiger partial charge on any atom is -0.494 e. The molecule has 2 rings (SSSR count). The fourth-order valence-electron chi connectivity index (χ4n) is 2.07. The maximum atomic E-state index is 13.2. The third-order valence-electron chi connectivity index (χ3n) is 3.06. The number of carboxylic acids is 1. The molecule has 0 radical (unpaired) electrons. The number of carbonyl (C=O) groups is 1. The van der Waals surface area contributed by atoms with Gasteiger partial charge in [-0.15, -0.1) is 0 Å². The van der Waals surface area contributed by atoms with E-state index in [0.29, 0.717) is 13.0 Å². The minimum absolute atomic E-state index is 0.0504. The van der Waals surface area contributed by atoms with Crippen LogP contribution in [0.4, 0.5) is 4.39 Å². The molecule has 2 atom stereocenters. The van der Waals surface area contributed by atoms with Crippen LogP contribution >= 0.6 is 0 Å². The maximum Gasteiger partial charge on any atom is 0.307 e. The summed E-state index contributed by atoms with van der Waals surface area (Å²) in [6.45, 7) is 0.444. The molecule has 4 nitrogen and oxygen atoms in total. The first kappa shape index (κ1) is 11.9. The van der Waals surface area contributed by atoms with E-state index < -0.39 is 11.8 Å². The molecule has 1 aromatic carbocycles. The number of rotatable bonds is 3. The van der Waals surface area contributed by atoms with Crippen molar-refractivity contribution >= 4 is 5.97 Å². The fraction of sp³-hybridized carbons (Fsp3) is 0.417. The van der Waals surface area contributed by atoms with Crippen LogP contribution in [-0.4, -0.2) is 24.7 Å². The van der Waals surface area contributed by atoms with Crippen LogP contribution in [0.1, 0.15) is 18.0 Å². The largest absolute Gasteiger partial charge is 0.494 e. The first-order chi connectivity index (χ1) is 8.11. The highest BCUT2D eigenvalue weighted by Gasteiger charge is 2.30. The van der Waals surface area contributed by atoms with Gasteiger partial charge in [0.2, 0.25) is 0 Å². The van der Waals surface area contributed by atoms with Gasteiger partial charge in [-0.2, -0.15) is 0 Å². The third kappa shape index (κ3) is 2.39. The molecule has 0 saturated carbocycles. The Morgan fingerprint density at radius 3 is 2.94 bits per heavy atom. The van der Waals surface area contributed by atoms with E-state index in [-0.39, 0.29) is 17.7 Å². The summed E-state index contributed by atoms with van der Waals surface area (Å²) < 4.78 is 18.1. The summed E-state index contributed by atoms with van der Waals surface area (Å²) in [5, 5.41) is 12.0. The van der Waals surface area contributed by atoms with Crippen molar-refractivity contribution in [3.8, 4) is 5.75 Å². The number of hydrogen-bond donors (Lipinski definition) is 2. The number of methoxy groups -OCH3 is 1. The van der Waals surface area contributed by atoms with Crippen molar-refractivity contribution < 1.29 is 19.0 Å². The molecular formula is C12H14FNO3. The van der Waals surface area contributed by atoms with Gasteiger partial charge in [0.05, 0.1) is 13.0 Å². The number of halogens is 1. The molecule has 0 aromatic heterocycles. The average Bonchev–Trinajstić information content (AvgIpc) is 2.79. The Balaban J connectivity index is 2.16. The summed E-state index contributed by atoms with van der Waals surface area (Å²) in [4.78, 5) is 10.8. The van der Waals surface area contributed by atoms with Crippen LogP contribution in [-0.2, 0) is 4.79 Å². The molecule has 1 fully saturated rings. The summed E-state index contributed by atoms with van der Waals surface area (Å²) in [7, 11) is 1.41. The first-order valence-electron chi connectivity index (χ1n) is 5.41. The van der Waals surface area contributed by atoms with Crippen LogP contribution in [0.3, 0.4) is 0 Å². The lowest BCUT2D eigenvalue weighted by atomic mass is 10.00. The zero-order valence-corrected chi connectivity index (χ0v) is 9.44. The van der Waals surface area contributed by atoms with E-state index in [2.05, 4.69) is 5.32 Å². The van der Waals surface area contributed by atoms with Gasteiger partial charge in [0, 0.05) is 12.6 Å². The first-order valence-corrected chi connectivity index (χ1v) is 5.41. The van der Waals surface area contributed by atoms with Gasteiger partial charge in [-0.25, -0.2) is 4.39 Å². The van der Waals surface area contributed by atoms with Gasteiger partial charge in [0.15, 0.2) is 11.6 Å². The number of benzene rings is 1. The Bertz CT molecular complexity index is 436. The molecule has 0 bridgehead atoms. The number of carboxylic acid groups (broad SMARTS) is 1. The molecule has 2 N–H and O–H groups in total. The van der Waals surface area contributed by atoms with Gasteiger partial charge >= 0.3 is 5.97 Å². The lowest BCUT2D eigenvalue weighted by Gasteiger charge is -2.12. The average molecular weight is 239 g/mol. The zero-order valence-electron chi connectivity index (χ0n) is 9.44. The lowest BCUT2D eigenvalue weighted by molar-refractivity contribution is -0.141. The van der Waals surface area contributed by atoms with Crippen molar-refractivity contribution in [1.82, 2.24) is 5.32 Å². The van der Waals surface area contributed by atoms with Gasteiger partial charge in [0.1, 0.15) is 0 Å². The summed E-state index contributed by atoms with van der Waals surface area (Å²) in [5.74, 6) is -1.41. The second kappa shape index (κ2) is 4.71. The highest BCUT2D eigenvalue weighted by atomic mass is 19.1. The molecule has 5 heteroatoms. The minimum atomic E-state index is -0.797. The molecule has 1 aromatic rings. The second-order valence-corrected chi connectivity index (χ2v) is 4.13. The van der Waals surface area contributed by atoms with E-state index in [4.69, 9.17) is 9.84 Å². The Hall–Kier alpha value is -1.62. The number of hydrogen-bond acceptors (Lipinski definition) is 3. The molecule has 1 aliphatic heterocycles. The predicted molar refractivity (Wildman–Crippen MR) is 59.4 cm³/mol. The van der Waals surface area contributed by atoms with Crippen molar-refractivity contribution in [2.24, 2.45) is 5.92 Å². The summed E-state index contributed by atoms with van der Waals surface area (Å²) >= 11 is 0. The molecule has 0 aliphatic carbocycles. The van der Waals surface area contributed by atoms with E-state index in [1.165, 1.54) is 13.2 Å². The van der Waals surface area contributed by atoms with Crippen molar-refractivity contribution in [3.63, 3.8) is 0 Å². The molecule has 1 aliphatic rings. The van der Waals surface area contributed by atoms with Crippen LogP contribution in [0.2, 0.25) is 0 Å². The van der Waals surface area contributed by atoms with Crippen molar-refractivity contribution in [3.05, 3.63) is 29.6 Å². The number of nitrogens with one attached hydrogen (secondary N) is 1.